The summed E-state index contributed by atoms with van der Waals surface area (Å²) in [5.41, 5.74) is -0.0212. The predicted octanol–water partition coefficient (Wildman–Crippen LogP) is 2.86. The van der Waals surface area contributed by atoms with Crippen molar-refractivity contribution in [2.45, 2.75) is 58.8 Å². The second-order valence-corrected chi connectivity index (χ2v) is 5.13. The second kappa shape index (κ2) is 4.19. The zero-order chi connectivity index (χ0) is 10.9. The van der Waals surface area contributed by atoms with Crippen molar-refractivity contribution in [2.24, 2.45) is 11.8 Å². The predicted molar refractivity (Wildman–Crippen MR) is 58.4 cm³/mol. The van der Waals surface area contributed by atoms with Gasteiger partial charge >= 0.3 is 0 Å². The van der Waals surface area contributed by atoms with E-state index in [1.807, 2.05) is 7.11 Å². The number of hydrogen-bond donors (Lipinski definition) is 0. The molecule has 0 N–H and O–H groups in total. The molecule has 2 nitrogen and oxygen atoms in total. The van der Waals surface area contributed by atoms with E-state index in [0.717, 1.165) is 6.42 Å². The lowest BCUT2D eigenvalue weighted by Gasteiger charge is -2.47. The van der Waals surface area contributed by atoms with E-state index in [9.17, 15) is 0 Å². The summed E-state index contributed by atoms with van der Waals surface area (Å²) in [7, 11) is 1.81. The molecule has 0 aromatic rings. The summed E-state index contributed by atoms with van der Waals surface area (Å²) < 4.78 is 11.6. The molecule has 4 atom stereocenters. The zero-order valence-corrected chi connectivity index (χ0v) is 10.3. The third kappa shape index (κ3) is 2.12. The van der Waals surface area contributed by atoms with E-state index in [4.69, 9.17) is 9.47 Å². The molecule has 0 aliphatic carbocycles. The Kier molecular flexibility index (Phi) is 3.59. The van der Waals surface area contributed by atoms with Crippen LogP contribution in [0.25, 0.3) is 0 Å². The SMILES string of the molecule is CO[C@]1(C)C[C@H](C(C)C)O[C@@H](C)[C@@H]1C. The molecule has 0 bridgehead atoms. The van der Waals surface area contributed by atoms with Crippen LogP contribution in [0.4, 0.5) is 0 Å². The van der Waals surface area contributed by atoms with Gasteiger partial charge in [-0.1, -0.05) is 20.8 Å². The lowest BCUT2D eigenvalue weighted by atomic mass is 9.77. The van der Waals surface area contributed by atoms with Gasteiger partial charge in [-0.2, -0.15) is 0 Å². The maximum atomic E-state index is 5.98. The number of hydrogen-bond acceptors (Lipinski definition) is 2. The summed E-state index contributed by atoms with van der Waals surface area (Å²) >= 11 is 0. The summed E-state index contributed by atoms with van der Waals surface area (Å²) in [5, 5.41) is 0. The molecule has 1 saturated heterocycles. The van der Waals surface area contributed by atoms with Gasteiger partial charge in [0, 0.05) is 19.4 Å². The highest BCUT2D eigenvalue weighted by atomic mass is 16.5. The summed E-state index contributed by atoms with van der Waals surface area (Å²) in [6, 6.07) is 0. The van der Waals surface area contributed by atoms with Gasteiger partial charge in [-0.3, -0.25) is 0 Å². The van der Waals surface area contributed by atoms with Crippen LogP contribution in [0.5, 0.6) is 0 Å². The number of ether oxygens (including phenoxy) is 2. The van der Waals surface area contributed by atoms with Crippen LogP contribution in [0.15, 0.2) is 0 Å². The van der Waals surface area contributed by atoms with E-state index >= 15 is 0 Å². The second-order valence-electron chi connectivity index (χ2n) is 5.13. The maximum Gasteiger partial charge on any atom is 0.0725 e. The van der Waals surface area contributed by atoms with E-state index in [0.29, 0.717) is 24.0 Å². The molecule has 1 fully saturated rings. The molecule has 0 aromatic carbocycles. The van der Waals surface area contributed by atoms with Gasteiger partial charge in [0.15, 0.2) is 0 Å². The minimum atomic E-state index is -0.0212. The van der Waals surface area contributed by atoms with Gasteiger partial charge in [-0.05, 0) is 19.8 Å². The van der Waals surface area contributed by atoms with Crippen LogP contribution < -0.4 is 0 Å². The fraction of sp³-hybridized carbons (Fsp3) is 1.00. The molecule has 2 heteroatoms. The fourth-order valence-electron chi connectivity index (χ4n) is 2.19. The van der Waals surface area contributed by atoms with E-state index in [1.54, 1.807) is 0 Å². The van der Waals surface area contributed by atoms with Gasteiger partial charge in [0.1, 0.15) is 0 Å². The summed E-state index contributed by atoms with van der Waals surface area (Å²) in [4.78, 5) is 0. The molecule has 84 valence electrons. The lowest BCUT2D eigenvalue weighted by Crippen LogP contribution is -2.51. The molecule has 1 heterocycles. The Balaban J connectivity index is 2.76. The molecule has 0 radical (unpaired) electrons. The average molecular weight is 200 g/mol. The fourth-order valence-corrected chi connectivity index (χ4v) is 2.19. The van der Waals surface area contributed by atoms with E-state index in [2.05, 4.69) is 34.6 Å². The van der Waals surface area contributed by atoms with E-state index in [-0.39, 0.29) is 5.60 Å². The maximum absolute atomic E-state index is 5.98. The quantitative estimate of drug-likeness (QED) is 0.682. The highest BCUT2D eigenvalue weighted by Gasteiger charge is 2.43. The van der Waals surface area contributed by atoms with Crippen LogP contribution in [0.2, 0.25) is 0 Å². The lowest BCUT2D eigenvalue weighted by molar-refractivity contribution is -0.190. The zero-order valence-electron chi connectivity index (χ0n) is 10.3. The molecule has 14 heavy (non-hydrogen) atoms. The van der Waals surface area contributed by atoms with Crippen molar-refractivity contribution in [3.05, 3.63) is 0 Å². The first-order valence-corrected chi connectivity index (χ1v) is 5.61. The Morgan fingerprint density at radius 2 is 1.93 bits per heavy atom. The van der Waals surface area contributed by atoms with Crippen molar-refractivity contribution in [2.75, 3.05) is 7.11 Å². The van der Waals surface area contributed by atoms with Crippen molar-refractivity contribution < 1.29 is 9.47 Å². The molecule has 1 aliphatic heterocycles. The van der Waals surface area contributed by atoms with Gasteiger partial charge < -0.3 is 9.47 Å². The largest absolute Gasteiger partial charge is 0.378 e. The van der Waals surface area contributed by atoms with Gasteiger partial charge in [-0.25, -0.2) is 0 Å². The first kappa shape index (κ1) is 12.0. The molecule has 1 rings (SSSR count). The molecule has 0 saturated carbocycles. The average Bonchev–Trinajstić information content (AvgIpc) is 2.13. The highest BCUT2D eigenvalue weighted by molar-refractivity contribution is 4.92. The highest BCUT2D eigenvalue weighted by Crippen LogP contribution is 2.38. The van der Waals surface area contributed by atoms with Crippen molar-refractivity contribution in [3.63, 3.8) is 0 Å². The molecule has 0 unspecified atom stereocenters. The van der Waals surface area contributed by atoms with Crippen molar-refractivity contribution in [3.8, 4) is 0 Å². The Bertz CT molecular complexity index is 191. The summed E-state index contributed by atoms with van der Waals surface area (Å²) in [5.74, 6) is 1.03. The Hall–Kier alpha value is -0.0800. The summed E-state index contributed by atoms with van der Waals surface area (Å²) in [6.45, 7) is 11.0. The first-order chi connectivity index (χ1) is 6.40. The standard InChI is InChI=1S/C12H24O2/c1-8(2)11-7-12(5,13-6)9(3)10(4)14-11/h8-11H,7H2,1-6H3/t9-,10-,11+,12+/m0/s1. The number of methoxy groups -OCH3 is 1. The van der Waals surface area contributed by atoms with Crippen molar-refractivity contribution in [1.82, 2.24) is 0 Å². The van der Waals surface area contributed by atoms with Crippen LogP contribution in [-0.2, 0) is 9.47 Å². The minimum Gasteiger partial charge on any atom is -0.378 e. The Morgan fingerprint density at radius 1 is 1.36 bits per heavy atom. The van der Waals surface area contributed by atoms with Crippen molar-refractivity contribution >= 4 is 0 Å². The van der Waals surface area contributed by atoms with Gasteiger partial charge in [0.25, 0.3) is 0 Å². The van der Waals surface area contributed by atoms with E-state index < -0.39 is 0 Å². The van der Waals surface area contributed by atoms with Gasteiger partial charge in [-0.15, -0.1) is 0 Å². The van der Waals surface area contributed by atoms with E-state index in [1.165, 1.54) is 0 Å². The third-order valence-corrected chi connectivity index (χ3v) is 3.87. The summed E-state index contributed by atoms with van der Waals surface area (Å²) in [6.07, 6.45) is 1.64. The van der Waals surface area contributed by atoms with Crippen LogP contribution in [0.1, 0.15) is 41.0 Å². The van der Waals surface area contributed by atoms with Gasteiger partial charge in [0.2, 0.25) is 0 Å². The monoisotopic (exact) mass is 200 g/mol. The topological polar surface area (TPSA) is 18.5 Å². The molecule has 0 spiro atoms. The van der Waals surface area contributed by atoms with Crippen LogP contribution in [0.3, 0.4) is 0 Å². The first-order valence-electron chi connectivity index (χ1n) is 5.61. The van der Waals surface area contributed by atoms with Crippen LogP contribution in [-0.4, -0.2) is 24.9 Å². The minimum absolute atomic E-state index is 0.0212. The normalized spacial score (nSPS) is 44.4. The molecule has 0 amide bonds. The molecule has 1 aliphatic rings. The Morgan fingerprint density at radius 3 is 2.36 bits per heavy atom. The van der Waals surface area contributed by atoms with Crippen LogP contribution >= 0.6 is 0 Å². The molecule has 0 aromatic heterocycles. The number of rotatable bonds is 2. The third-order valence-electron chi connectivity index (χ3n) is 3.87. The van der Waals surface area contributed by atoms with Crippen LogP contribution in [0, 0.1) is 11.8 Å². The van der Waals surface area contributed by atoms with Crippen molar-refractivity contribution in [1.29, 1.82) is 0 Å². The van der Waals surface area contributed by atoms with Gasteiger partial charge in [0.05, 0.1) is 17.8 Å². The smallest absolute Gasteiger partial charge is 0.0725 e. The Labute approximate surface area is 88.0 Å². The molecular formula is C12H24O2. The molecular weight excluding hydrogens is 176 g/mol.